The minimum Gasteiger partial charge on any atom is -0.543 e. The van der Waals surface area contributed by atoms with Crippen molar-refractivity contribution in [2.75, 3.05) is 7.11 Å². The molecule has 0 aliphatic heterocycles. The van der Waals surface area contributed by atoms with Crippen LogP contribution in [0.1, 0.15) is 10.5 Å². The molecular formula is C16H11N2O4-. The van der Waals surface area contributed by atoms with Gasteiger partial charge in [-0.1, -0.05) is 24.3 Å². The van der Waals surface area contributed by atoms with Gasteiger partial charge in [-0.25, -0.2) is 0 Å². The molecule has 2 aromatic carbocycles. The number of fused-ring (bicyclic) bond motifs is 1. The van der Waals surface area contributed by atoms with E-state index in [0.717, 1.165) is 4.68 Å². The van der Waals surface area contributed by atoms with E-state index in [9.17, 15) is 14.7 Å². The standard InChI is InChI=1S/C16H12N2O4/c1-22-11-6-4-5-10(9-11)18-15(19)13-8-3-2-7-12(13)14(17-18)16(20)21/h2-9H,1H3,(H,20,21)/p-1. The predicted octanol–water partition coefficient (Wildman–Crippen LogP) is 0.758. The van der Waals surface area contributed by atoms with E-state index in [4.69, 9.17) is 4.74 Å². The van der Waals surface area contributed by atoms with Gasteiger partial charge in [-0.15, -0.1) is 0 Å². The van der Waals surface area contributed by atoms with Crippen LogP contribution in [0, 0.1) is 0 Å². The van der Waals surface area contributed by atoms with Gasteiger partial charge in [0, 0.05) is 11.5 Å². The fourth-order valence-corrected chi connectivity index (χ4v) is 2.26. The number of ether oxygens (including phenoxy) is 1. The number of aromatic carboxylic acids is 1. The first-order valence-electron chi connectivity index (χ1n) is 6.49. The molecule has 6 heteroatoms. The summed E-state index contributed by atoms with van der Waals surface area (Å²) in [4.78, 5) is 23.9. The smallest absolute Gasteiger partial charge is 0.279 e. The van der Waals surface area contributed by atoms with Crippen molar-refractivity contribution < 1.29 is 14.6 Å². The first kappa shape index (κ1) is 13.8. The highest BCUT2D eigenvalue weighted by Crippen LogP contribution is 2.17. The number of aromatic nitrogens is 2. The normalized spacial score (nSPS) is 10.6. The molecular weight excluding hydrogens is 284 g/mol. The van der Waals surface area contributed by atoms with Crippen LogP contribution in [0.4, 0.5) is 0 Å². The van der Waals surface area contributed by atoms with Gasteiger partial charge in [0.1, 0.15) is 11.4 Å². The van der Waals surface area contributed by atoms with Crippen LogP contribution >= 0.6 is 0 Å². The highest BCUT2D eigenvalue weighted by Gasteiger charge is 2.12. The van der Waals surface area contributed by atoms with Crippen molar-refractivity contribution in [3.05, 3.63) is 64.6 Å². The summed E-state index contributed by atoms with van der Waals surface area (Å²) in [7, 11) is 1.50. The molecule has 0 saturated carbocycles. The molecule has 0 atom stereocenters. The Morgan fingerprint density at radius 2 is 1.86 bits per heavy atom. The molecule has 6 nitrogen and oxygen atoms in total. The Labute approximate surface area is 125 Å². The van der Waals surface area contributed by atoms with Crippen molar-refractivity contribution in [2.45, 2.75) is 0 Å². The fraction of sp³-hybridized carbons (Fsp3) is 0.0625. The Balaban J connectivity index is 2.37. The number of carboxylic acid groups (broad SMARTS) is 1. The van der Waals surface area contributed by atoms with E-state index in [1.54, 1.807) is 42.5 Å². The minimum absolute atomic E-state index is 0.256. The molecule has 3 aromatic rings. The van der Waals surface area contributed by atoms with Crippen molar-refractivity contribution in [1.29, 1.82) is 0 Å². The van der Waals surface area contributed by atoms with Gasteiger partial charge >= 0.3 is 0 Å². The first-order chi connectivity index (χ1) is 10.6. The van der Waals surface area contributed by atoms with E-state index >= 15 is 0 Å². The van der Waals surface area contributed by atoms with Crippen molar-refractivity contribution in [2.24, 2.45) is 0 Å². The lowest BCUT2D eigenvalue weighted by Crippen LogP contribution is -2.30. The van der Waals surface area contributed by atoms with Crippen LogP contribution in [-0.2, 0) is 0 Å². The molecule has 1 heterocycles. The maximum Gasteiger partial charge on any atom is 0.279 e. The quantitative estimate of drug-likeness (QED) is 0.712. The lowest BCUT2D eigenvalue weighted by atomic mass is 10.1. The molecule has 0 amide bonds. The highest BCUT2D eigenvalue weighted by atomic mass is 16.5. The number of rotatable bonds is 3. The third-order valence-electron chi connectivity index (χ3n) is 3.30. The van der Waals surface area contributed by atoms with Gasteiger partial charge in [0.15, 0.2) is 0 Å². The lowest BCUT2D eigenvalue weighted by Gasteiger charge is -2.12. The van der Waals surface area contributed by atoms with Crippen molar-refractivity contribution in [1.82, 2.24) is 9.78 Å². The van der Waals surface area contributed by atoms with Crippen LogP contribution in [0.5, 0.6) is 5.75 Å². The third kappa shape index (κ3) is 2.20. The third-order valence-corrected chi connectivity index (χ3v) is 3.30. The van der Waals surface area contributed by atoms with E-state index in [1.807, 2.05) is 0 Å². The van der Waals surface area contributed by atoms with Gasteiger partial charge in [0.2, 0.25) is 0 Å². The highest BCUT2D eigenvalue weighted by molar-refractivity contribution is 6.00. The molecule has 0 aliphatic carbocycles. The molecule has 0 spiro atoms. The van der Waals surface area contributed by atoms with E-state index in [-0.39, 0.29) is 16.5 Å². The van der Waals surface area contributed by atoms with E-state index in [2.05, 4.69) is 5.10 Å². The summed E-state index contributed by atoms with van der Waals surface area (Å²) in [5.74, 6) is -0.901. The van der Waals surface area contributed by atoms with Gasteiger partial charge < -0.3 is 14.6 Å². The zero-order chi connectivity index (χ0) is 15.7. The number of carbonyl (C=O) groups excluding carboxylic acids is 1. The zero-order valence-electron chi connectivity index (χ0n) is 11.6. The average Bonchev–Trinajstić information content (AvgIpc) is 2.55. The molecule has 0 radical (unpaired) electrons. The molecule has 0 bridgehead atoms. The van der Waals surface area contributed by atoms with Gasteiger partial charge in [0.05, 0.1) is 24.2 Å². The topological polar surface area (TPSA) is 84.2 Å². The molecule has 1 aromatic heterocycles. The van der Waals surface area contributed by atoms with E-state index < -0.39 is 11.5 Å². The molecule has 0 aliphatic rings. The predicted molar refractivity (Wildman–Crippen MR) is 78.2 cm³/mol. The Bertz CT molecular complexity index is 931. The molecule has 0 unspecified atom stereocenters. The minimum atomic E-state index is -1.44. The Morgan fingerprint density at radius 3 is 2.55 bits per heavy atom. The van der Waals surface area contributed by atoms with Gasteiger partial charge in [-0.3, -0.25) is 4.79 Å². The molecule has 0 saturated heterocycles. The van der Waals surface area contributed by atoms with Crippen LogP contribution in [0.25, 0.3) is 16.5 Å². The fourth-order valence-electron chi connectivity index (χ4n) is 2.26. The summed E-state index contributed by atoms with van der Waals surface area (Å²) in [6.45, 7) is 0. The summed E-state index contributed by atoms with van der Waals surface area (Å²) in [6, 6.07) is 13.1. The monoisotopic (exact) mass is 295 g/mol. The lowest BCUT2D eigenvalue weighted by molar-refractivity contribution is -0.255. The Morgan fingerprint density at radius 1 is 1.14 bits per heavy atom. The van der Waals surface area contributed by atoms with Gasteiger partial charge in [0.25, 0.3) is 5.56 Å². The number of nitrogens with zero attached hydrogens (tertiary/aromatic N) is 2. The second kappa shape index (κ2) is 5.33. The average molecular weight is 295 g/mol. The van der Waals surface area contributed by atoms with Crippen LogP contribution < -0.4 is 15.4 Å². The van der Waals surface area contributed by atoms with Crippen molar-refractivity contribution in [3.8, 4) is 11.4 Å². The van der Waals surface area contributed by atoms with Crippen LogP contribution in [0.3, 0.4) is 0 Å². The zero-order valence-corrected chi connectivity index (χ0v) is 11.6. The number of hydrogen-bond acceptors (Lipinski definition) is 5. The van der Waals surface area contributed by atoms with Gasteiger partial charge in [-0.05, 0) is 18.2 Å². The van der Waals surface area contributed by atoms with Gasteiger partial charge in [-0.2, -0.15) is 9.78 Å². The van der Waals surface area contributed by atoms with E-state index in [1.165, 1.54) is 13.2 Å². The first-order valence-corrected chi connectivity index (χ1v) is 6.49. The summed E-state index contributed by atoms with van der Waals surface area (Å²) < 4.78 is 6.15. The molecule has 22 heavy (non-hydrogen) atoms. The molecule has 0 fully saturated rings. The number of hydrogen-bond donors (Lipinski definition) is 0. The molecule has 110 valence electrons. The molecule has 0 N–H and O–H groups in total. The number of carboxylic acids is 1. The summed E-state index contributed by atoms with van der Waals surface area (Å²) >= 11 is 0. The van der Waals surface area contributed by atoms with Crippen LogP contribution in [0.2, 0.25) is 0 Å². The second-order valence-corrected chi connectivity index (χ2v) is 4.60. The Hall–Kier alpha value is -3.15. The SMILES string of the molecule is COc1cccc(-n2nc(C(=O)[O-])c3ccccc3c2=O)c1. The van der Waals surface area contributed by atoms with Crippen LogP contribution in [0.15, 0.2) is 53.3 Å². The van der Waals surface area contributed by atoms with E-state index in [0.29, 0.717) is 11.4 Å². The van der Waals surface area contributed by atoms with Crippen LogP contribution in [-0.4, -0.2) is 22.9 Å². The summed E-state index contributed by atoms with van der Waals surface area (Å²) in [6.07, 6.45) is 0. The molecule has 3 rings (SSSR count). The van der Waals surface area contributed by atoms with Crippen molar-refractivity contribution in [3.63, 3.8) is 0 Å². The summed E-state index contributed by atoms with van der Waals surface area (Å²) in [5.41, 5.74) is -0.274. The maximum absolute atomic E-state index is 12.5. The maximum atomic E-state index is 12.5. The van der Waals surface area contributed by atoms with Crippen molar-refractivity contribution >= 4 is 16.7 Å². The largest absolute Gasteiger partial charge is 0.543 e. The summed E-state index contributed by atoms with van der Waals surface area (Å²) in [5, 5.41) is 15.8. The number of carbonyl (C=O) groups is 1. The Kier molecular flexibility index (Phi) is 3.34. The second-order valence-electron chi connectivity index (χ2n) is 4.60. The number of benzene rings is 2. The number of methoxy groups -OCH3 is 1.